The Hall–Kier alpha value is -1.69. The Morgan fingerprint density at radius 1 is 1.50 bits per heavy atom. The molecule has 6 heteroatoms. The predicted molar refractivity (Wildman–Crippen MR) is 65.3 cm³/mol. The summed E-state index contributed by atoms with van der Waals surface area (Å²) in [6, 6.07) is 3.35. The van der Waals surface area contributed by atoms with Crippen molar-refractivity contribution in [2.45, 2.75) is 13.5 Å². The maximum atomic E-state index is 13.4. The first-order valence-corrected chi connectivity index (χ1v) is 5.54. The zero-order chi connectivity index (χ0) is 13.7. The molecule has 4 nitrogen and oxygen atoms in total. The molecule has 0 saturated heterocycles. The molecule has 0 saturated carbocycles. The van der Waals surface area contributed by atoms with Crippen LogP contribution in [0.2, 0.25) is 0 Å². The number of oxime groups is 1. The summed E-state index contributed by atoms with van der Waals surface area (Å²) in [5, 5.41) is 11.4. The minimum Gasteiger partial charge on any atom is -0.409 e. The fourth-order valence-corrected chi connectivity index (χ4v) is 1.68. The molecular weight excluding hydrogens is 240 g/mol. The van der Waals surface area contributed by atoms with Crippen LogP contribution in [0, 0.1) is 17.6 Å². The number of benzene rings is 1. The van der Waals surface area contributed by atoms with Gasteiger partial charge in [-0.15, -0.1) is 0 Å². The molecule has 0 aliphatic carbocycles. The van der Waals surface area contributed by atoms with Crippen LogP contribution in [0.5, 0.6) is 0 Å². The van der Waals surface area contributed by atoms with Crippen molar-refractivity contribution in [1.29, 1.82) is 0 Å². The van der Waals surface area contributed by atoms with Crippen LogP contribution in [0.4, 0.5) is 8.78 Å². The average molecular weight is 257 g/mol. The molecule has 0 aliphatic heterocycles. The molecule has 0 aromatic heterocycles. The van der Waals surface area contributed by atoms with Gasteiger partial charge in [-0.3, -0.25) is 0 Å². The largest absolute Gasteiger partial charge is 0.409 e. The van der Waals surface area contributed by atoms with Crippen molar-refractivity contribution in [2.24, 2.45) is 16.8 Å². The van der Waals surface area contributed by atoms with Crippen LogP contribution in [0.3, 0.4) is 0 Å². The first kappa shape index (κ1) is 14.4. The maximum Gasteiger partial charge on any atom is 0.143 e. The van der Waals surface area contributed by atoms with Crippen LogP contribution in [0.1, 0.15) is 12.5 Å². The van der Waals surface area contributed by atoms with Crippen LogP contribution in [-0.2, 0) is 6.54 Å². The van der Waals surface area contributed by atoms with E-state index in [1.807, 2.05) is 0 Å². The van der Waals surface area contributed by atoms with Crippen LogP contribution < -0.4 is 5.73 Å². The summed E-state index contributed by atoms with van der Waals surface area (Å²) in [6.45, 7) is 2.52. The molecule has 3 N–H and O–H groups in total. The van der Waals surface area contributed by atoms with E-state index in [4.69, 9.17) is 10.9 Å². The number of nitrogens with zero attached hydrogens (tertiary/aromatic N) is 2. The molecule has 0 spiro atoms. The predicted octanol–water partition coefficient (Wildman–Crippen LogP) is 1.78. The summed E-state index contributed by atoms with van der Waals surface area (Å²) in [5.41, 5.74) is 5.73. The van der Waals surface area contributed by atoms with Gasteiger partial charge in [-0.2, -0.15) is 0 Å². The Bertz CT molecular complexity index is 437. The van der Waals surface area contributed by atoms with Crippen LogP contribution in [0.25, 0.3) is 0 Å². The first-order valence-electron chi connectivity index (χ1n) is 5.54. The van der Waals surface area contributed by atoms with Gasteiger partial charge in [0, 0.05) is 24.6 Å². The highest BCUT2D eigenvalue weighted by molar-refractivity contribution is 5.82. The molecule has 0 heterocycles. The zero-order valence-electron chi connectivity index (χ0n) is 10.4. The summed E-state index contributed by atoms with van der Waals surface area (Å²) in [5.74, 6) is -0.970. The van der Waals surface area contributed by atoms with Crippen molar-refractivity contribution in [2.75, 3.05) is 13.6 Å². The van der Waals surface area contributed by atoms with Crippen molar-refractivity contribution in [3.63, 3.8) is 0 Å². The van der Waals surface area contributed by atoms with E-state index in [2.05, 4.69) is 5.16 Å². The van der Waals surface area contributed by atoms with E-state index in [1.165, 1.54) is 6.07 Å². The Morgan fingerprint density at radius 2 is 2.17 bits per heavy atom. The molecule has 1 unspecified atom stereocenters. The fourth-order valence-electron chi connectivity index (χ4n) is 1.68. The normalized spacial score (nSPS) is 13.9. The van der Waals surface area contributed by atoms with E-state index in [1.54, 1.807) is 18.9 Å². The fraction of sp³-hybridized carbons (Fsp3) is 0.417. The second kappa shape index (κ2) is 6.30. The minimum atomic E-state index is -0.468. The lowest BCUT2D eigenvalue weighted by Crippen LogP contribution is -2.32. The number of halogens is 2. The van der Waals surface area contributed by atoms with Gasteiger partial charge in [0.15, 0.2) is 0 Å². The topological polar surface area (TPSA) is 61.8 Å². The Kier molecular flexibility index (Phi) is 5.03. The number of hydrogen-bond acceptors (Lipinski definition) is 3. The summed E-state index contributed by atoms with van der Waals surface area (Å²) in [7, 11) is 1.76. The third kappa shape index (κ3) is 3.96. The molecule has 100 valence electrons. The molecule has 1 rings (SSSR count). The molecule has 0 amide bonds. The van der Waals surface area contributed by atoms with Crippen molar-refractivity contribution in [3.05, 3.63) is 35.4 Å². The highest BCUT2D eigenvalue weighted by Gasteiger charge is 2.13. The van der Waals surface area contributed by atoms with Gasteiger partial charge in [0.2, 0.25) is 0 Å². The van der Waals surface area contributed by atoms with E-state index in [-0.39, 0.29) is 23.9 Å². The number of nitrogens with two attached hydrogens (primary N) is 1. The molecule has 18 heavy (non-hydrogen) atoms. The van der Waals surface area contributed by atoms with Crippen LogP contribution in [-0.4, -0.2) is 29.5 Å². The second-order valence-electron chi connectivity index (χ2n) is 4.36. The molecule has 0 aliphatic rings. The summed E-state index contributed by atoms with van der Waals surface area (Å²) < 4.78 is 26.4. The molecule has 1 aromatic carbocycles. The van der Waals surface area contributed by atoms with Gasteiger partial charge in [-0.05, 0) is 25.2 Å². The molecule has 1 atom stereocenters. The Morgan fingerprint density at radius 3 is 2.78 bits per heavy atom. The standard InChI is InChI=1S/C12H17F2N3O/c1-8(12(15)16-18)6-17(2)7-9-5-10(13)3-4-11(9)14/h3-5,8,18H,6-7H2,1-2H3,(H2,15,16). The van der Waals surface area contributed by atoms with Gasteiger partial charge >= 0.3 is 0 Å². The minimum absolute atomic E-state index is 0.113. The first-order chi connectivity index (χ1) is 8.43. The second-order valence-corrected chi connectivity index (χ2v) is 4.36. The SMILES string of the molecule is CC(CN(C)Cc1cc(F)ccc1F)C(N)=NO. The zero-order valence-corrected chi connectivity index (χ0v) is 10.4. The van der Waals surface area contributed by atoms with E-state index in [9.17, 15) is 8.78 Å². The smallest absolute Gasteiger partial charge is 0.143 e. The maximum absolute atomic E-state index is 13.4. The molecule has 0 radical (unpaired) electrons. The molecule has 0 bridgehead atoms. The third-order valence-electron chi connectivity index (χ3n) is 2.65. The monoisotopic (exact) mass is 257 g/mol. The van der Waals surface area contributed by atoms with Crippen LogP contribution >= 0.6 is 0 Å². The number of hydrogen-bond donors (Lipinski definition) is 2. The number of rotatable bonds is 5. The lowest BCUT2D eigenvalue weighted by molar-refractivity contribution is 0.287. The summed E-state index contributed by atoms with van der Waals surface area (Å²) in [4.78, 5) is 1.78. The molecule has 0 fully saturated rings. The van der Waals surface area contributed by atoms with Gasteiger partial charge in [0.1, 0.15) is 17.5 Å². The van der Waals surface area contributed by atoms with Gasteiger partial charge in [0.05, 0.1) is 0 Å². The summed E-state index contributed by atoms with van der Waals surface area (Å²) in [6.07, 6.45) is 0. The highest BCUT2D eigenvalue weighted by atomic mass is 19.1. The van der Waals surface area contributed by atoms with Crippen molar-refractivity contribution >= 4 is 5.84 Å². The van der Waals surface area contributed by atoms with Crippen LogP contribution in [0.15, 0.2) is 23.4 Å². The molecule has 1 aromatic rings. The lowest BCUT2D eigenvalue weighted by Gasteiger charge is -2.20. The van der Waals surface area contributed by atoms with Crippen molar-refractivity contribution in [3.8, 4) is 0 Å². The average Bonchev–Trinajstić information content (AvgIpc) is 2.32. The highest BCUT2D eigenvalue weighted by Crippen LogP contribution is 2.12. The summed E-state index contributed by atoms with van der Waals surface area (Å²) >= 11 is 0. The van der Waals surface area contributed by atoms with Gasteiger partial charge in [-0.25, -0.2) is 8.78 Å². The number of amidine groups is 1. The van der Waals surface area contributed by atoms with Crippen molar-refractivity contribution in [1.82, 2.24) is 4.90 Å². The van der Waals surface area contributed by atoms with E-state index in [0.717, 1.165) is 12.1 Å². The van der Waals surface area contributed by atoms with E-state index >= 15 is 0 Å². The van der Waals surface area contributed by atoms with Crippen molar-refractivity contribution < 1.29 is 14.0 Å². The van der Waals surface area contributed by atoms with Gasteiger partial charge in [-0.1, -0.05) is 12.1 Å². The molecular formula is C12H17F2N3O. The quantitative estimate of drug-likeness (QED) is 0.366. The van der Waals surface area contributed by atoms with E-state index < -0.39 is 11.6 Å². The Labute approximate surface area is 105 Å². The van der Waals surface area contributed by atoms with Gasteiger partial charge < -0.3 is 15.8 Å². The Balaban J connectivity index is 2.64. The lowest BCUT2D eigenvalue weighted by atomic mass is 10.1. The third-order valence-corrected chi connectivity index (χ3v) is 2.65. The van der Waals surface area contributed by atoms with Gasteiger partial charge in [0.25, 0.3) is 0 Å². The van der Waals surface area contributed by atoms with E-state index in [0.29, 0.717) is 6.54 Å².